The fourth-order valence-electron chi connectivity index (χ4n) is 0.762. The molecular weight excluding hydrogens is 114 g/mol. The standard InChI is InChI=1S/C5H11NO.C2H6/c1-6-5-2-3-7-4-5;1-2/h5-6H,2-4H2,1H3;1-2H3/t5-;/m0./s1. The Labute approximate surface area is 57.6 Å². The summed E-state index contributed by atoms with van der Waals surface area (Å²) in [6.07, 6.45) is 1.18. The summed E-state index contributed by atoms with van der Waals surface area (Å²) in [4.78, 5) is 0. The van der Waals surface area contributed by atoms with Crippen LogP contribution in [0.4, 0.5) is 0 Å². The highest BCUT2D eigenvalue weighted by Crippen LogP contribution is 2.00. The zero-order chi connectivity index (χ0) is 7.11. The fraction of sp³-hybridized carbons (Fsp3) is 1.00. The van der Waals surface area contributed by atoms with Gasteiger partial charge in [-0.05, 0) is 13.5 Å². The van der Waals surface area contributed by atoms with E-state index in [1.54, 1.807) is 0 Å². The van der Waals surface area contributed by atoms with Gasteiger partial charge in [0.1, 0.15) is 0 Å². The molecule has 0 aromatic rings. The molecule has 2 nitrogen and oxygen atoms in total. The molecule has 0 aliphatic carbocycles. The predicted octanol–water partition coefficient (Wildman–Crippen LogP) is 1.02. The fourth-order valence-corrected chi connectivity index (χ4v) is 0.762. The molecule has 1 fully saturated rings. The molecule has 9 heavy (non-hydrogen) atoms. The second-order valence-electron chi connectivity index (χ2n) is 1.85. The van der Waals surface area contributed by atoms with Gasteiger partial charge in [0.05, 0.1) is 6.61 Å². The average molecular weight is 131 g/mol. The minimum Gasteiger partial charge on any atom is -0.380 e. The molecule has 1 heterocycles. The molecule has 0 bridgehead atoms. The summed E-state index contributed by atoms with van der Waals surface area (Å²) >= 11 is 0. The predicted molar refractivity (Wildman–Crippen MR) is 39.6 cm³/mol. The van der Waals surface area contributed by atoms with Crippen LogP contribution in [0.25, 0.3) is 0 Å². The van der Waals surface area contributed by atoms with Crippen LogP contribution in [0.1, 0.15) is 20.3 Å². The first kappa shape index (κ1) is 8.92. The number of likely N-dealkylation sites (N-methyl/N-ethyl adjacent to an activating group) is 1. The molecule has 0 aromatic heterocycles. The van der Waals surface area contributed by atoms with Gasteiger partial charge in [0.25, 0.3) is 0 Å². The van der Waals surface area contributed by atoms with E-state index in [0.29, 0.717) is 6.04 Å². The molecule has 0 amide bonds. The number of ether oxygens (including phenoxy) is 1. The summed E-state index contributed by atoms with van der Waals surface area (Å²) in [5.74, 6) is 0. The van der Waals surface area contributed by atoms with Crippen LogP contribution >= 0.6 is 0 Å². The van der Waals surface area contributed by atoms with E-state index in [9.17, 15) is 0 Å². The van der Waals surface area contributed by atoms with Crippen molar-refractivity contribution in [1.29, 1.82) is 0 Å². The first-order valence-electron chi connectivity index (χ1n) is 3.68. The molecule has 2 heteroatoms. The molecule has 1 saturated heterocycles. The Kier molecular flexibility index (Phi) is 5.99. The molecule has 1 aliphatic heterocycles. The van der Waals surface area contributed by atoms with Crippen LogP contribution in [-0.2, 0) is 4.74 Å². The van der Waals surface area contributed by atoms with Crippen molar-refractivity contribution >= 4 is 0 Å². The lowest BCUT2D eigenvalue weighted by molar-refractivity contribution is 0.191. The molecule has 1 aliphatic rings. The van der Waals surface area contributed by atoms with Gasteiger partial charge in [0, 0.05) is 12.6 Å². The van der Waals surface area contributed by atoms with E-state index in [1.807, 2.05) is 20.9 Å². The van der Waals surface area contributed by atoms with Gasteiger partial charge < -0.3 is 10.1 Å². The molecule has 0 radical (unpaired) electrons. The molecule has 1 atom stereocenters. The van der Waals surface area contributed by atoms with Crippen molar-refractivity contribution in [3.05, 3.63) is 0 Å². The van der Waals surface area contributed by atoms with Crippen LogP contribution in [-0.4, -0.2) is 26.3 Å². The SMILES string of the molecule is CC.CN[C@H]1CCOC1. The van der Waals surface area contributed by atoms with Gasteiger partial charge in [0.15, 0.2) is 0 Å². The van der Waals surface area contributed by atoms with Gasteiger partial charge in [-0.15, -0.1) is 0 Å². The number of nitrogens with one attached hydrogen (secondary N) is 1. The molecule has 1 N–H and O–H groups in total. The summed E-state index contributed by atoms with van der Waals surface area (Å²) < 4.78 is 5.09. The highest BCUT2D eigenvalue weighted by Gasteiger charge is 2.11. The molecule has 0 saturated carbocycles. The molecule has 0 aromatic carbocycles. The normalized spacial score (nSPS) is 25.0. The third kappa shape index (κ3) is 3.49. The van der Waals surface area contributed by atoms with Gasteiger partial charge in [-0.25, -0.2) is 0 Å². The molecule has 0 spiro atoms. The Bertz CT molecular complexity index is 50.9. The Balaban J connectivity index is 0.000000291. The highest BCUT2D eigenvalue weighted by molar-refractivity contribution is 4.67. The van der Waals surface area contributed by atoms with Crippen LogP contribution in [0.15, 0.2) is 0 Å². The Hall–Kier alpha value is -0.0800. The monoisotopic (exact) mass is 131 g/mol. The minimum absolute atomic E-state index is 0.625. The summed E-state index contributed by atoms with van der Waals surface area (Å²) in [6, 6.07) is 0.625. The second-order valence-corrected chi connectivity index (χ2v) is 1.85. The van der Waals surface area contributed by atoms with Crippen LogP contribution < -0.4 is 5.32 Å². The van der Waals surface area contributed by atoms with Crippen LogP contribution in [0.2, 0.25) is 0 Å². The maximum atomic E-state index is 5.09. The third-order valence-electron chi connectivity index (χ3n) is 1.34. The van der Waals surface area contributed by atoms with Crippen LogP contribution in [0.3, 0.4) is 0 Å². The minimum atomic E-state index is 0.625. The lowest BCUT2D eigenvalue weighted by atomic mass is 10.3. The molecule has 0 unspecified atom stereocenters. The van der Waals surface area contributed by atoms with Crippen molar-refractivity contribution in [2.75, 3.05) is 20.3 Å². The van der Waals surface area contributed by atoms with Crippen LogP contribution in [0.5, 0.6) is 0 Å². The zero-order valence-corrected chi connectivity index (χ0v) is 6.61. The van der Waals surface area contributed by atoms with Gasteiger partial charge in [-0.1, -0.05) is 13.8 Å². The van der Waals surface area contributed by atoms with Crippen molar-refractivity contribution < 1.29 is 4.74 Å². The maximum Gasteiger partial charge on any atom is 0.0620 e. The third-order valence-corrected chi connectivity index (χ3v) is 1.34. The van der Waals surface area contributed by atoms with E-state index in [2.05, 4.69) is 5.32 Å². The van der Waals surface area contributed by atoms with Crippen molar-refractivity contribution in [3.63, 3.8) is 0 Å². The van der Waals surface area contributed by atoms with E-state index in [4.69, 9.17) is 4.74 Å². The van der Waals surface area contributed by atoms with Gasteiger partial charge >= 0.3 is 0 Å². The Morgan fingerprint density at radius 2 is 2.11 bits per heavy atom. The van der Waals surface area contributed by atoms with Crippen LogP contribution in [0, 0.1) is 0 Å². The Morgan fingerprint density at radius 1 is 1.44 bits per heavy atom. The zero-order valence-electron chi connectivity index (χ0n) is 6.61. The highest BCUT2D eigenvalue weighted by atomic mass is 16.5. The lowest BCUT2D eigenvalue weighted by Gasteiger charge is -2.01. The largest absolute Gasteiger partial charge is 0.380 e. The van der Waals surface area contributed by atoms with Crippen molar-refractivity contribution in [2.24, 2.45) is 0 Å². The summed E-state index contributed by atoms with van der Waals surface area (Å²) in [5.41, 5.74) is 0. The molecule has 56 valence electrons. The summed E-state index contributed by atoms with van der Waals surface area (Å²) in [7, 11) is 1.97. The van der Waals surface area contributed by atoms with Gasteiger partial charge in [-0.3, -0.25) is 0 Å². The summed E-state index contributed by atoms with van der Waals surface area (Å²) in [6.45, 7) is 5.84. The van der Waals surface area contributed by atoms with Crippen molar-refractivity contribution in [1.82, 2.24) is 5.32 Å². The number of hydrogen-bond acceptors (Lipinski definition) is 2. The first-order chi connectivity index (χ1) is 4.43. The lowest BCUT2D eigenvalue weighted by Crippen LogP contribution is -2.24. The number of rotatable bonds is 1. The van der Waals surface area contributed by atoms with E-state index in [-0.39, 0.29) is 0 Å². The van der Waals surface area contributed by atoms with Gasteiger partial charge in [-0.2, -0.15) is 0 Å². The Morgan fingerprint density at radius 3 is 2.33 bits per heavy atom. The smallest absolute Gasteiger partial charge is 0.0620 e. The van der Waals surface area contributed by atoms with Crippen molar-refractivity contribution in [3.8, 4) is 0 Å². The maximum absolute atomic E-state index is 5.09. The van der Waals surface area contributed by atoms with Crippen molar-refractivity contribution in [2.45, 2.75) is 26.3 Å². The first-order valence-corrected chi connectivity index (χ1v) is 3.68. The topological polar surface area (TPSA) is 21.3 Å². The second kappa shape index (κ2) is 6.05. The van der Waals surface area contributed by atoms with E-state index < -0.39 is 0 Å². The quantitative estimate of drug-likeness (QED) is 0.573. The van der Waals surface area contributed by atoms with Gasteiger partial charge in [0.2, 0.25) is 0 Å². The molecular formula is C7H17NO. The molecule has 1 rings (SSSR count). The average Bonchev–Trinajstić information content (AvgIpc) is 2.43. The van der Waals surface area contributed by atoms with E-state index >= 15 is 0 Å². The number of hydrogen-bond donors (Lipinski definition) is 1. The van der Waals surface area contributed by atoms with E-state index in [1.165, 1.54) is 6.42 Å². The summed E-state index contributed by atoms with van der Waals surface area (Å²) in [5, 5.41) is 3.14. The van der Waals surface area contributed by atoms with E-state index in [0.717, 1.165) is 13.2 Å².